The van der Waals surface area contributed by atoms with E-state index in [1.807, 2.05) is 11.3 Å². The van der Waals surface area contributed by atoms with Crippen molar-refractivity contribution in [2.75, 3.05) is 0 Å². The Balaban J connectivity index is 1.06. The largest absolute Gasteiger partial charge is 0.455 e. The maximum atomic E-state index is 6.89. The van der Waals surface area contributed by atoms with Gasteiger partial charge in [-0.25, -0.2) is 0 Å². The van der Waals surface area contributed by atoms with E-state index in [0.717, 1.165) is 57.3 Å². The predicted molar refractivity (Wildman–Crippen MR) is 243 cm³/mol. The van der Waals surface area contributed by atoms with Gasteiger partial charge >= 0.3 is 0 Å². The summed E-state index contributed by atoms with van der Waals surface area (Å²) in [7, 11) is 0. The zero-order valence-electron chi connectivity index (χ0n) is 31.5. The van der Waals surface area contributed by atoms with E-state index in [1.165, 1.54) is 70.3 Å². The van der Waals surface area contributed by atoms with Gasteiger partial charge in [0.15, 0.2) is 0 Å². The zero-order chi connectivity index (χ0) is 37.9. The van der Waals surface area contributed by atoms with Gasteiger partial charge in [0.2, 0.25) is 0 Å². The van der Waals surface area contributed by atoms with Crippen LogP contribution >= 0.6 is 11.3 Å². The molecule has 0 radical (unpaired) electrons. The van der Waals surface area contributed by atoms with Crippen LogP contribution in [0.4, 0.5) is 5.69 Å². The summed E-state index contributed by atoms with van der Waals surface area (Å²) in [6.45, 7) is 2.23. The maximum absolute atomic E-state index is 6.89. The van der Waals surface area contributed by atoms with E-state index in [0.29, 0.717) is 0 Å². The molecule has 0 amide bonds. The first-order valence-electron chi connectivity index (χ1n) is 19.7. The van der Waals surface area contributed by atoms with Crippen LogP contribution in [0.3, 0.4) is 0 Å². The number of nitrogens with zero attached hydrogens (tertiary/aromatic N) is 1. The Hall–Kier alpha value is -6.81. The Morgan fingerprint density at radius 3 is 2.02 bits per heavy atom. The lowest BCUT2D eigenvalue weighted by Crippen LogP contribution is -2.02. The van der Waals surface area contributed by atoms with Gasteiger partial charge in [-0.15, -0.1) is 11.3 Å². The number of fused-ring (bicyclic) bond motifs is 8. The third-order valence-corrected chi connectivity index (χ3v) is 12.8. The van der Waals surface area contributed by atoms with Crippen molar-refractivity contribution in [2.45, 2.75) is 19.8 Å². The van der Waals surface area contributed by atoms with Crippen LogP contribution in [0.2, 0.25) is 0 Å². The quantitative estimate of drug-likeness (QED) is 0.172. The highest BCUT2D eigenvalue weighted by Crippen LogP contribution is 2.47. The SMILES string of the molecule is Cc1c(-c2ccccc2)cccc1-c1cc2ccccc2c2c1oc1ccc(C3=Nc4c(sc5ccccc45)/C(c4ccc(-c5ccccc5)cc4)=C\CC3)cc12. The molecule has 3 heterocycles. The van der Waals surface area contributed by atoms with Gasteiger partial charge in [0, 0.05) is 32.1 Å². The fourth-order valence-corrected chi connectivity index (χ4v) is 9.96. The molecule has 8 aromatic carbocycles. The van der Waals surface area contributed by atoms with Crippen molar-refractivity contribution in [3.8, 4) is 33.4 Å². The Kier molecular flexibility index (Phi) is 8.08. The number of hydrogen-bond donors (Lipinski definition) is 0. The van der Waals surface area contributed by atoms with E-state index in [2.05, 4.69) is 189 Å². The van der Waals surface area contributed by atoms with E-state index < -0.39 is 0 Å². The lowest BCUT2D eigenvalue weighted by atomic mass is 9.90. The Morgan fingerprint density at radius 1 is 0.526 bits per heavy atom. The first-order valence-corrected chi connectivity index (χ1v) is 20.5. The molecule has 10 aromatic rings. The number of benzene rings is 8. The molecule has 57 heavy (non-hydrogen) atoms. The van der Waals surface area contributed by atoms with E-state index in [9.17, 15) is 0 Å². The first kappa shape index (κ1) is 33.5. The van der Waals surface area contributed by atoms with Crippen LogP contribution in [0.25, 0.3) is 81.8 Å². The minimum Gasteiger partial charge on any atom is -0.455 e. The summed E-state index contributed by atoms with van der Waals surface area (Å²) in [5.41, 5.74) is 16.0. The van der Waals surface area contributed by atoms with Crippen molar-refractivity contribution in [1.82, 2.24) is 0 Å². The van der Waals surface area contributed by atoms with Crippen LogP contribution < -0.4 is 0 Å². The topological polar surface area (TPSA) is 25.5 Å². The van der Waals surface area contributed by atoms with Gasteiger partial charge in [-0.2, -0.15) is 0 Å². The molecule has 1 aliphatic rings. The smallest absolute Gasteiger partial charge is 0.143 e. The number of hydrogen-bond acceptors (Lipinski definition) is 3. The molecular formula is C54H37NOS. The minimum atomic E-state index is 0.827. The molecule has 2 nitrogen and oxygen atoms in total. The molecule has 2 aromatic heterocycles. The molecule has 270 valence electrons. The number of allylic oxidation sites excluding steroid dienone is 1. The lowest BCUT2D eigenvalue weighted by molar-refractivity contribution is 0.670. The van der Waals surface area contributed by atoms with Gasteiger partial charge in [-0.3, -0.25) is 4.99 Å². The van der Waals surface area contributed by atoms with Crippen molar-refractivity contribution in [3.05, 3.63) is 204 Å². The minimum absolute atomic E-state index is 0.827. The van der Waals surface area contributed by atoms with Crippen molar-refractivity contribution in [2.24, 2.45) is 4.99 Å². The molecule has 1 aliphatic heterocycles. The van der Waals surface area contributed by atoms with Gasteiger partial charge in [0.05, 0.1) is 10.6 Å². The summed E-state index contributed by atoms with van der Waals surface area (Å²) in [4.78, 5) is 6.82. The molecule has 0 saturated carbocycles. The average Bonchev–Trinajstić information content (AvgIpc) is 3.82. The van der Waals surface area contributed by atoms with Crippen LogP contribution in [0.1, 0.15) is 34.4 Å². The highest BCUT2D eigenvalue weighted by atomic mass is 32.1. The fourth-order valence-electron chi connectivity index (χ4n) is 8.76. The number of aliphatic imine (C=N–C) groups is 1. The summed E-state index contributed by atoms with van der Waals surface area (Å²) in [5.74, 6) is 0. The molecule has 0 N–H and O–H groups in total. The van der Waals surface area contributed by atoms with Gasteiger partial charge in [0.25, 0.3) is 0 Å². The van der Waals surface area contributed by atoms with Crippen molar-refractivity contribution in [3.63, 3.8) is 0 Å². The molecule has 3 heteroatoms. The standard InChI is InChI=1S/C54H37NOS/c1-34-41(37-16-6-3-7-17-37)21-12-22-42(34)46-32-39-18-8-9-19-43(39)51-47-33-40(30-31-49(47)56-53(46)51)48-24-13-23-44(54-52(55-48)45-20-10-11-25-50(45)57-54)38-28-26-36(27-29-38)35-14-4-2-5-15-35/h2-12,14-23,25-33H,13,24H2,1H3/b44-23-,55-48?. The van der Waals surface area contributed by atoms with Crippen molar-refractivity contribution >= 4 is 71.1 Å². The third kappa shape index (κ3) is 5.74. The predicted octanol–water partition coefficient (Wildman–Crippen LogP) is 15.6. The summed E-state index contributed by atoms with van der Waals surface area (Å²) < 4.78 is 8.14. The Morgan fingerprint density at radius 2 is 1.19 bits per heavy atom. The second-order valence-corrected chi connectivity index (χ2v) is 16.0. The van der Waals surface area contributed by atoms with Crippen LogP contribution in [0.5, 0.6) is 0 Å². The Labute approximate surface area is 335 Å². The lowest BCUT2D eigenvalue weighted by Gasteiger charge is -2.15. The average molecular weight is 748 g/mol. The summed E-state index contributed by atoms with van der Waals surface area (Å²) >= 11 is 1.84. The number of thiophene rings is 1. The first-order chi connectivity index (χ1) is 28.2. The highest BCUT2D eigenvalue weighted by molar-refractivity contribution is 7.20. The maximum Gasteiger partial charge on any atom is 0.143 e. The van der Waals surface area contributed by atoms with E-state index in [-0.39, 0.29) is 0 Å². The van der Waals surface area contributed by atoms with E-state index in [4.69, 9.17) is 9.41 Å². The van der Waals surface area contributed by atoms with Crippen LogP contribution in [-0.4, -0.2) is 5.71 Å². The molecule has 0 spiro atoms. The molecule has 11 rings (SSSR count). The molecule has 0 unspecified atom stereocenters. The molecule has 0 fully saturated rings. The number of furan rings is 1. The molecule has 0 bridgehead atoms. The second kappa shape index (κ2) is 13.7. The van der Waals surface area contributed by atoms with Crippen LogP contribution in [0.15, 0.2) is 191 Å². The van der Waals surface area contributed by atoms with Crippen molar-refractivity contribution in [1.29, 1.82) is 0 Å². The second-order valence-electron chi connectivity index (χ2n) is 14.9. The van der Waals surface area contributed by atoms with E-state index >= 15 is 0 Å². The van der Waals surface area contributed by atoms with Crippen LogP contribution in [-0.2, 0) is 0 Å². The molecule has 0 aliphatic carbocycles. The molecule has 0 atom stereocenters. The van der Waals surface area contributed by atoms with Gasteiger partial charge in [-0.05, 0) is 111 Å². The zero-order valence-corrected chi connectivity index (χ0v) is 32.3. The van der Waals surface area contributed by atoms with E-state index in [1.54, 1.807) is 0 Å². The highest BCUT2D eigenvalue weighted by Gasteiger charge is 2.22. The molecular weight excluding hydrogens is 711 g/mol. The monoisotopic (exact) mass is 747 g/mol. The fraction of sp³-hybridized carbons (Fsp3) is 0.0556. The third-order valence-electron chi connectivity index (χ3n) is 11.6. The number of rotatable bonds is 5. The Bertz CT molecular complexity index is 3220. The van der Waals surface area contributed by atoms with Crippen molar-refractivity contribution < 1.29 is 4.42 Å². The van der Waals surface area contributed by atoms with Crippen LogP contribution in [0, 0.1) is 6.92 Å². The summed E-state index contributed by atoms with van der Waals surface area (Å²) in [5, 5.41) is 5.86. The summed E-state index contributed by atoms with van der Waals surface area (Å²) in [6.07, 6.45) is 4.14. The van der Waals surface area contributed by atoms with Gasteiger partial charge in [-0.1, -0.05) is 152 Å². The molecule has 0 saturated heterocycles. The van der Waals surface area contributed by atoms with Gasteiger partial charge < -0.3 is 4.42 Å². The summed E-state index contributed by atoms with van der Waals surface area (Å²) in [6, 6.07) is 63.3. The van der Waals surface area contributed by atoms with Gasteiger partial charge in [0.1, 0.15) is 11.2 Å². The normalized spacial score (nSPS) is 14.0.